The molecule has 0 fully saturated rings. The number of likely N-dealkylation sites (N-methyl/N-ethyl adjacent to an activating group) is 1. The smallest absolute Gasteiger partial charge is 0.251 e. The zero-order chi connectivity index (χ0) is 18.9. The third-order valence-electron chi connectivity index (χ3n) is 4.28. The van der Waals surface area contributed by atoms with Crippen LogP contribution in [0.3, 0.4) is 0 Å². The molecule has 0 aliphatic rings. The second-order valence-corrected chi connectivity index (χ2v) is 6.56. The third-order valence-corrected chi connectivity index (χ3v) is 4.28. The van der Waals surface area contributed by atoms with Crippen molar-refractivity contribution in [2.45, 2.75) is 19.4 Å². The molecule has 0 saturated carbocycles. The summed E-state index contributed by atoms with van der Waals surface area (Å²) < 4.78 is 0. The fourth-order valence-corrected chi connectivity index (χ4v) is 2.74. The van der Waals surface area contributed by atoms with Crippen molar-refractivity contribution in [1.29, 1.82) is 0 Å². The van der Waals surface area contributed by atoms with Crippen molar-refractivity contribution in [3.05, 3.63) is 71.3 Å². The highest BCUT2D eigenvalue weighted by Crippen LogP contribution is 2.13. The first-order valence-electron chi connectivity index (χ1n) is 8.80. The van der Waals surface area contributed by atoms with Gasteiger partial charge in [0.2, 0.25) is 5.91 Å². The van der Waals surface area contributed by atoms with Gasteiger partial charge in [-0.05, 0) is 36.2 Å². The molecule has 1 atom stereocenters. The summed E-state index contributed by atoms with van der Waals surface area (Å²) in [7, 11) is 3.52. The largest absolute Gasteiger partial charge is 0.355 e. The van der Waals surface area contributed by atoms with Crippen LogP contribution in [0.25, 0.3) is 0 Å². The number of rotatable bonds is 8. The average molecular weight is 353 g/mol. The standard InChI is InChI=1S/C21H27N3O2/c1-16(18-7-5-4-6-8-18)13-23-20(25)15-24(3)14-17-9-11-19(12-10-17)21(26)22-2/h4-12,16H,13-15H2,1-3H3,(H,22,26)(H,23,25)/t16-/m1/s1. The van der Waals surface area contributed by atoms with Gasteiger partial charge in [-0.2, -0.15) is 0 Å². The second kappa shape index (κ2) is 9.73. The van der Waals surface area contributed by atoms with E-state index >= 15 is 0 Å². The summed E-state index contributed by atoms with van der Waals surface area (Å²) in [4.78, 5) is 25.7. The molecule has 0 spiro atoms. The Hall–Kier alpha value is -2.66. The molecule has 2 N–H and O–H groups in total. The molecule has 5 nitrogen and oxygen atoms in total. The van der Waals surface area contributed by atoms with Gasteiger partial charge in [0.25, 0.3) is 5.91 Å². The number of carbonyl (C=O) groups is 2. The molecule has 2 rings (SSSR count). The first-order valence-corrected chi connectivity index (χ1v) is 8.80. The molecule has 0 bridgehead atoms. The van der Waals surface area contributed by atoms with E-state index in [9.17, 15) is 9.59 Å². The fraction of sp³-hybridized carbons (Fsp3) is 0.333. The third kappa shape index (κ3) is 6.01. The van der Waals surface area contributed by atoms with E-state index in [1.165, 1.54) is 5.56 Å². The number of nitrogens with zero attached hydrogens (tertiary/aromatic N) is 1. The molecule has 5 heteroatoms. The van der Waals surface area contributed by atoms with Crippen LogP contribution >= 0.6 is 0 Å². The van der Waals surface area contributed by atoms with Crippen molar-refractivity contribution in [1.82, 2.24) is 15.5 Å². The molecule has 0 aliphatic heterocycles. The van der Waals surface area contributed by atoms with Gasteiger partial charge in [-0.15, -0.1) is 0 Å². The zero-order valence-corrected chi connectivity index (χ0v) is 15.7. The lowest BCUT2D eigenvalue weighted by molar-refractivity contribution is -0.122. The van der Waals surface area contributed by atoms with E-state index in [0.29, 0.717) is 25.2 Å². The van der Waals surface area contributed by atoms with Crippen LogP contribution in [-0.2, 0) is 11.3 Å². The quantitative estimate of drug-likeness (QED) is 0.766. The van der Waals surface area contributed by atoms with E-state index in [2.05, 4.69) is 29.7 Å². The van der Waals surface area contributed by atoms with Crippen molar-refractivity contribution >= 4 is 11.8 Å². The monoisotopic (exact) mass is 353 g/mol. The number of benzene rings is 2. The molecule has 0 aromatic heterocycles. The molecule has 0 heterocycles. The highest BCUT2D eigenvalue weighted by atomic mass is 16.2. The minimum absolute atomic E-state index is 0.0114. The van der Waals surface area contributed by atoms with Crippen molar-refractivity contribution in [2.24, 2.45) is 0 Å². The van der Waals surface area contributed by atoms with Gasteiger partial charge < -0.3 is 10.6 Å². The predicted octanol–water partition coefficient (Wildman–Crippen LogP) is 2.40. The van der Waals surface area contributed by atoms with Gasteiger partial charge in [-0.1, -0.05) is 49.4 Å². The predicted molar refractivity (Wildman–Crippen MR) is 104 cm³/mol. The summed E-state index contributed by atoms with van der Waals surface area (Å²) in [5.41, 5.74) is 2.91. The molecule has 0 aliphatic carbocycles. The summed E-state index contributed by atoms with van der Waals surface area (Å²) in [6, 6.07) is 17.6. The molecule has 0 unspecified atom stereocenters. The van der Waals surface area contributed by atoms with Gasteiger partial charge in [0, 0.05) is 25.7 Å². The molecule has 2 amide bonds. The minimum Gasteiger partial charge on any atom is -0.355 e. The highest BCUT2D eigenvalue weighted by Gasteiger charge is 2.10. The molecule has 2 aromatic rings. The van der Waals surface area contributed by atoms with E-state index in [4.69, 9.17) is 0 Å². The molecule has 2 aromatic carbocycles. The summed E-state index contributed by atoms with van der Waals surface area (Å²) in [6.07, 6.45) is 0. The van der Waals surface area contributed by atoms with Crippen LogP contribution in [0.4, 0.5) is 0 Å². The Morgan fingerprint density at radius 2 is 1.69 bits per heavy atom. The Morgan fingerprint density at radius 3 is 2.31 bits per heavy atom. The van der Waals surface area contributed by atoms with Crippen LogP contribution in [0.5, 0.6) is 0 Å². The van der Waals surface area contributed by atoms with Gasteiger partial charge in [0.15, 0.2) is 0 Å². The normalized spacial score (nSPS) is 11.8. The van der Waals surface area contributed by atoms with Gasteiger partial charge >= 0.3 is 0 Å². The van der Waals surface area contributed by atoms with E-state index in [1.807, 2.05) is 42.3 Å². The fourth-order valence-electron chi connectivity index (χ4n) is 2.74. The number of hydrogen-bond acceptors (Lipinski definition) is 3. The number of hydrogen-bond donors (Lipinski definition) is 2. The lowest BCUT2D eigenvalue weighted by atomic mass is 10.0. The SMILES string of the molecule is CNC(=O)c1ccc(CN(C)CC(=O)NC[C@@H](C)c2ccccc2)cc1. The Bertz CT molecular complexity index is 714. The maximum atomic E-state index is 12.2. The van der Waals surface area contributed by atoms with E-state index in [1.54, 1.807) is 19.2 Å². The lowest BCUT2D eigenvalue weighted by Gasteiger charge is -2.18. The number of carbonyl (C=O) groups excluding carboxylic acids is 2. The second-order valence-electron chi connectivity index (χ2n) is 6.56. The highest BCUT2D eigenvalue weighted by molar-refractivity contribution is 5.93. The number of amides is 2. The van der Waals surface area contributed by atoms with Gasteiger partial charge in [-0.25, -0.2) is 0 Å². The van der Waals surface area contributed by atoms with Crippen LogP contribution in [0.1, 0.15) is 34.3 Å². The maximum absolute atomic E-state index is 12.2. The lowest BCUT2D eigenvalue weighted by Crippen LogP contribution is -2.36. The first kappa shape index (κ1) is 19.7. The van der Waals surface area contributed by atoms with Crippen molar-refractivity contribution in [2.75, 3.05) is 27.2 Å². The van der Waals surface area contributed by atoms with E-state index in [-0.39, 0.29) is 17.7 Å². The van der Waals surface area contributed by atoms with Crippen molar-refractivity contribution in [3.63, 3.8) is 0 Å². The maximum Gasteiger partial charge on any atom is 0.251 e. The van der Waals surface area contributed by atoms with Crippen LogP contribution in [0.15, 0.2) is 54.6 Å². The Labute approximate surface area is 155 Å². The van der Waals surface area contributed by atoms with Gasteiger partial charge in [0.05, 0.1) is 6.54 Å². The molecule has 26 heavy (non-hydrogen) atoms. The zero-order valence-electron chi connectivity index (χ0n) is 15.7. The average Bonchev–Trinajstić information content (AvgIpc) is 2.66. The van der Waals surface area contributed by atoms with Crippen LogP contribution < -0.4 is 10.6 Å². The minimum atomic E-state index is -0.100. The molecule has 0 radical (unpaired) electrons. The van der Waals surface area contributed by atoms with Crippen LogP contribution in [0, 0.1) is 0 Å². The van der Waals surface area contributed by atoms with Crippen molar-refractivity contribution < 1.29 is 9.59 Å². The van der Waals surface area contributed by atoms with E-state index < -0.39 is 0 Å². The summed E-state index contributed by atoms with van der Waals surface area (Å²) in [5.74, 6) is 0.191. The van der Waals surface area contributed by atoms with Crippen molar-refractivity contribution in [3.8, 4) is 0 Å². The summed E-state index contributed by atoms with van der Waals surface area (Å²) in [5, 5.41) is 5.60. The molecular weight excluding hydrogens is 326 g/mol. The molecular formula is C21H27N3O2. The van der Waals surface area contributed by atoms with Gasteiger partial charge in [0.1, 0.15) is 0 Å². The van der Waals surface area contributed by atoms with Crippen LogP contribution in [-0.4, -0.2) is 43.9 Å². The van der Waals surface area contributed by atoms with E-state index in [0.717, 1.165) is 5.56 Å². The number of nitrogens with one attached hydrogen (secondary N) is 2. The topological polar surface area (TPSA) is 61.4 Å². The first-order chi connectivity index (χ1) is 12.5. The van der Waals surface area contributed by atoms with Gasteiger partial charge in [-0.3, -0.25) is 14.5 Å². The Balaban J connectivity index is 1.77. The Kier molecular flexibility index (Phi) is 7.36. The molecule has 138 valence electrons. The summed E-state index contributed by atoms with van der Waals surface area (Å²) >= 11 is 0. The molecule has 0 saturated heterocycles. The Morgan fingerprint density at radius 1 is 1.04 bits per heavy atom. The van der Waals surface area contributed by atoms with Crippen LogP contribution in [0.2, 0.25) is 0 Å². The summed E-state index contributed by atoms with van der Waals surface area (Å²) in [6.45, 7) is 3.71.